The van der Waals surface area contributed by atoms with E-state index in [1.807, 2.05) is 0 Å². The molecule has 0 fully saturated rings. The van der Waals surface area contributed by atoms with E-state index >= 15 is 0 Å². The van der Waals surface area contributed by atoms with E-state index < -0.39 is 25.1 Å². The first-order chi connectivity index (χ1) is 14.3. The standard InChI is InChI=1S/C16H15ClN6O6S2/c1-8-6-10(30(24,25)26)3-4-12(8)20-16-22-14(17)21-15(23-16)19-9-2-5-13(11(18)7-9)31(27,28)29/h2-7H,18H2,1H3,(H,24,25,26)(H,27,28,29)(H2,19,20,21,22,23). The highest BCUT2D eigenvalue weighted by atomic mass is 35.5. The van der Waals surface area contributed by atoms with Crippen molar-refractivity contribution in [2.75, 3.05) is 16.4 Å². The van der Waals surface area contributed by atoms with Crippen LogP contribution >= 0.6 is 11.6 Å². The Kier molecular flexibility index (Phi) is 6.02. The third-order valence-corrected chi connectivity index (χ3v) is 5.84. The zero-order valence-electron chi connectivity index (χ0n) is 15.6. The number of nitrogens with zero attached hydrogens (tertiary/aromatic N) is 3. The van der Waals surface area contributed by atoms with E-state index in [0.29, 0.717) is 16.9 Å². The molecule has 0 bridgehead atoms. The fraction of sp³-hybridized carbons (Fsp3) is 0.0625. The molecule has 0 aliphatic heterocycles. The number of nitrogens with one attached hydrogen (secondary N) is 2. The molecule has 0 saturated carbocycles. The number of halogens is 1. The van der Waals surface area contributed by atoms with Crippen molar-refractivity contribution in [1.82, 2.24) is 15.0 Å². The normalized spacial score (nSPS) is 11.9. The molecule has 1 aromatic heterocycles. The highest BCUT2D eigenvalue weighted by molar-refractivity contribution is 7.86. The fourth-order valence-electron chi connectivity index (χ4n) is 2.51. The van der Waals surface area contributed by atoms with Crippen molar-refractivity contribution in [3.8, 4) is 0 Å². The summed E-state index contributed by atoms with van der Waals surface area (Å²) >= 11 is 5.93. The Bertz CT molecular complexity index is 1380. The minimum atomic E-state index is -4.47. The van der Waals surface area contributed by atoms with Crippen LogP contribution in [-0.2, 0) is 20.2 Å². The summed E-state index contributed by atoms with van der Waals surface area (Å²) in [5, 5.41) is 5.47. The van der Waals surface area contributed by atoms with Crippen molar-refractivity contribution in [3.63, 3.8) is 0 Å². The fourth-order valence-corrected chi connectivity index (χ4v) is 3.83. The van der Waals surface area contributed by atoms with Crippen molar-refractivity contribution in [2.45, 2.75) is 16.7 Å². The molecule has 164 valence electrons. The summed E-state index contributed by atoms with van der Waals surface area (Å²) in [6.07, 6.45) is 0. The maximum absolute atomic E-state index is 11.2. The maximum Gasteiger partial charge on any atom is 0.296 e. The molecule has 3 aromatic rings. The molecule has 0 radical (unpaired) electrons. The summed E-state index contributed by atoms with van der Waals surface area (Å²) in [7, 11) is -8.81. The minimum absolute atomic E-state index is 0.00582. The number of anilines is 5. The Morgan fingerprint density at radius 3 is 2.10 bits per heavy atom. The second-order valence-corrected chi connectivity index (χ2v) is 9.33. The molecule has 2 aromatic carbocycles. The third kappa shape index (κ3) is 5.56. The number of rotatable bonds is 6. The largest absolute Gasteiger partial charge is 0.398 e. The van der Waals surface area contributed by atoms with Gasteiger partial charge in [0.05, 0.1) is 10.6 Å². The number of nitrogens with two attached hydrogens (primary N) is 1. The van der Waals surface area contributed by atoms with Crippen molar-refractivity contribution in [1.29, 1.82) is 0 Å². The first-order valence-corrected chi connectivity index (χ1v) is 11.5. The van der Waals surface area contributed by atoms with Crippen LogP contribution in [-0.4, -0.2) is 40.9 Å². The summed E-state index contributed by atoms with van der Waals surface area (Å²) in [5.74, 6) is 0.0152. The Morgan fingerprint density at radius 2 is 1.55 bits per heavy atom. The van der Waals surface area contributed by atoms with Gasteiger partial charge in [0.15, 0.2) is 0 Å². The smallest absolute Gasteiger partial charge is 0.296 e. The SMILES string of the molecule is Cc1cc(S(=O)(=O)O)ccc1Nc1nc(Cl)nc(Nc2ccc(S(=O)(=O)O)c(N)c2)n1. The van der Waals surface area contributed by atoms with Gasteiger partial charge in [-0.05, 0) is 60.5 Å². The second-order valence-electron chi connectivity index (χ2n) is 6.18. The van der Waals surface area contributed by atoms with Gasteiger partial charge < -0.3 is 16.4 Å². The van der Waals surface area contributed by atoms with Gasteiger partial charge in [0.25, 0.3) is 20.2 Å². The molecular formula is C16H15ClN6O6S2. The van der Waals surface area contributed by atoms with Gasteiger partial charge in [0.2, 0.25) is 17.2 Å². The van der Waals surface area contributed by atoms with Gasteiger partial charge in [-0.15, -0.1) is 0 Å². The molecule has 0 spiro atoms. The predicted molar refractivity (Wildman–Crippen MR) is 113 cm³/mol. The Labute approximate surface area is 182 Å². The molecule has 0 aliphatic carbocycles. The lowest BCUT2D eigenvalue weighted by Gasteiger charge is -2.11. The van der Waals surface area contributed by atoms with Crippen LogP contribution in [0.5, 0.6) is 0 Å². The van der Waals surface area contributed by atoms with E-state index in [1.54, 1.807) is 6.92 Å². The molecule has 6 N–H and O–H groups in total. The lowest BCUT2D eigenvalue weighted by molar-refractivity contribution is 0.481. The summed E-state index contributed by atoms with van der Waals surface area (Å²) in [6.45, 7) is 1.61. The second kappa shape index (κ2) is 8.24. The molecule has 0 amide bonds. The van der Waals surface area contributed by atoms with Gasteiger partial charge in [-0.1, -0.05) is 0 Å². The van der Waals surface area contributed by atoms with E-state index in [1.165, 1.54) is 30.3 Å². The van der Waals surface area contributed by atoms with Crippen molar-refractivity contribution in [3.05, 3.63) is 47.2 Å². The van der Waals surface area contributed by atoms with Crippen molar-refractivity contribution >= 4 is 60.8 Å². The number of aromatic nitrogens is 3. The number of aryl methyl sites for hydroxylation is 1. The predicted octanol–water partition coefficient (Wildman–Crippen LogP) is 2.40. The number of hydrogen-bond donors (Lipinski definition) is 5. The molecule has 0 unspecified atom stereocenters. The van der Waals surface area contributed by atoms with Crippen LogP contribution < -0.4 is 16.4 Å². The first-order valence-electron chi connectivity index (χ1n) is 8.24. The van der Waals surface area contributed by atoms with Gasteiger partial charge in [-0.3, -0.25) is 9.11 Å². The van der Waals surface area contributed by atoms with Gasteiger partial charge in [-0.25, -0.2) is 0 Å². The number of hydrogen-bond acceptors (Lipinski definition) is 10. The monoisotopic (exact) mass is 486 g/mol. The summed E-state index contributed by atoms with van der Waals surface area (Å²) in [6, 6.07) is 7.58. The zero-order valence-corrected chi connectivity index (χ0v) is 18.0. The molecule has 0 saturated heterocycles. The van der Waals surface area contributed by atoms with Crippen LogP contribution in [0.4, 0.5) is 29.0 Å². The third-order valence-electron chi connectivity index (χ3n) is 3.89. The summed E-state index contributed by atoms with van der Waals surface area (Å²) < 4.78 is 63.2. The highest BCUT2D eigenvalue weighted by Crippen LogP contribution is 2.26. The van der Waals surface area contributed by atoms with Crippen LogP contribution in [0.15, 0.2) is 46.2 Å². The van der Waals surface area contributed by atoms with E-state index in [-0.39, 0.29) is 27.8 Å². The van der Waals surface area contributed by atoms with E-state index in [4.69, 9.17) is 26.4 Å². The van der Waals surface area contributed by atoms with Crippen molar-refractivity contribution in [2.24, 2.45) is 0 Å². The molecule has 15 heteroatoms. The Morgan fingerprint density at radius 1 is 0.903 bits per heavy atom. The highest BCUT2D eigenvalue weighted by Gasteiger charge is 2.15. The quantitative estimate of drug-likeness (QED) is 0.252. The van der Waals surface area contributed by atoms with Crippen LogP contribution in [0.2, 0.25) is 5.28 Å². The van der Waals surface area contributed by atoms with Crippen LogP contribution in [0, 0.1) is 6.92 Å². The number of benzene rings is 2. The Hall–Kier alpha value is -3.04. The molecule has 0 aliphatic rings. The minimum Gasteiger partial charge on any atom is -0.398 e. The van der Waals surface area contributed by atoms with Gasteiger partial charge in [0.1, 0.15) is 4.90 Å². The van der Waals surface area contributed by atoms with E-state index in [0.717, 1.165) is 6.07 Å². The van der Waals surface area contributed by atoms with E-state index in [9.17, 15) is 16.8 Å². The average Bonchev–Trinajstić information content (AvgIpc) is 2.61. The molecule has 3 rings (SSSR count). The van der Waals surface area contributed by atoms with Gasteiger partial charge in [0, 0.05) is 11.4 Å². The molecule has 0 atom stereocenters. The summed E-state index contributed by atoms with van der Waals surface area (Å²) in [4.78, 5) is 11.3. The number of nitrogen functional groups attached to an aromatic ring is 1. The van der Waals surface area contributed by atoms with Crippen LogP contribution in [0.1, 0.15) is 5.56 Å². The lowest BCUT2D eigenvalue weighted by atomic mass is 10.2. The van der Waals surface area contributed by atoms with Crippen LogP contribution in [0.3, 0.4) is 0 Å². The molecular weight excluding hydrogens is 472 g/mol. The summed E-state index contributed by atoms with van der Waals surface area (Å²) in [5.41, 5.74) is 6.70. The maximum atomic E-state index is 11.2. The average molecular weight is 487 g/mol. The van der Waals surface area contributed by atoms with E-state index in [2.05, 4.69) is 25.6 Å². The van der Waals surface area contributed by atoms with Gasteiger partial charge in [-0.2, -0.15) is 31.8 Å². The molecule has 31 heavy (non-hydrogen) atoms. The Balaban J connectivity index is 1.87. The van der Waals surface area contributed by atoms with Crippen LogP contribution in [0.25, 0.3) is 0 Å². The zero-order chi connectivity index (χ0) is 23.0. The lowest BCUT2D eigenvalue weighted by Crippen LogP contribution is -2.06. The van der Waals surface area contributed by atoms with Crippen molar-refractivity contribution < 1.29 is 25.9 Å². The topological polar surface area (TPSA) is 197 Å². The first kappa shape index (κ1) is 22.6. The van der Waals surface area contributed by atoms with Gasteiger partial charge >= 0.3 is 0 Å². The molecule has 12 nitrogen and oxygen atoms in total. The molecule has 1 heterocycles.